The lowest BCUT2D eigenvalue weighted by atomic mass is 9.84. The SMILES string of the molecule is CN1C[C@@H]2c3cc(Cl)ccc3Oc3cc(O)c(O)cc3[C@H]2C1. The summed E-state index contributed by atoms with van der Waals surface area (Å²) in [4.78, 5) is 2.26. The van der Waals surface area contributed by atoms with Crippen LogP contribution in [-0.4, -0.2) is 35.3 Å². The molecule has 114 valence electrons. The van der Waals surface area contributed by atoms with E-state index in [-0.39, 0.29) is 23.3 Å². The number of hydrogen-bond acceptors (Lipinski definition) is 4. The van der Waals surface area contributed by atoms with Crippen molar-refractivity contribution < 1.29 is 14.9 Å². The molecule has 4 rings (SSSR count). The Morgan fingerprint density at radius 1 is 1.00 bits per heavy atom. The van der Waals surface area contributed by atoms with E-state index >= 15 is 0 Å². The maximum Gasteiger partial charge on any atom is 0.161 e. The minimum absolute atomic E-state index is 0.111. The fraction of sp³-hybridized carbons (Fsp3) is 0.294. The number of aromatic hydroxyl groups is 2. The highest BCUT2D eigenvalue weighted by Gasteiger charge is 2.39. The number of likely N-dealkylation sites (tertiary alicyclic amines) is 1. The Morgan fingerprint density at radius 3 is 2.36 bits per heavy atom. The lowest BCUT2D eigenvalue weighted by Crippen LogP contribution is -2.14. The normalized spacial score (nSPS) is 23.2. The van der Waals surface area contributed by atoms with Crippen LogP contribution in [0.2, 0.25) is 5.02 Å². The first-order valence-corrected chi connectivity index (χ1v) is 7.62. The van der Waals surface area contributed by atoms with Crippen molar-refractivity contribution in [3.63, 3.8) is 0 Å². The molecule has 1 saturated heterocycles. The highest BCUT2D eigenvalue weighted by molar-refractivity contribution is 6.30. The number of rotatable bonds is 0. The van der Waals surface area contributed by atoms with Crippen molar-refractivity contribution >= 4 is 11.6 Å². The zero-order valence-electron chi connectivity index (χ0n) is 12.1. The molecular formula is C17H16ClNO3. The molecule has 2 atom stereocenters. The summed E-state index contributed by atoms with van der Waals surface area (Å²) in [5.74, 6) is 1.54. The molecule has 2 aromatic rings. The maximum atomic E-state index is 9.87. The lowest BCUT2D eigenvalue weighted by Gasteiger charge is -2.17. The molecule has 0 bridgehead atoms. The van der Waals surface area contributed by atoms with Crippen molar-refractivity contribution in [3.05, 3.63) is 46.5 Å². The number of fused-ring (bicyclic) bond motifs is 5. The van der Waals surface area contributed by atoms with Gasteiger partial charge in [-0.3, -0.25) is 0 Å². The first-order chi connectivity index (χ1) is 10.5. The number of likely N-dealkylation sites (N-methyl/N-ethyl adjacent to an activating group) is 1. The van der Waals surface area contributed by atoms with Gasteiger partial charge in [-0.15, -0.1) is 0 Å². The van der Waals surface area contributed by atoms with Crippen LogP contribution in [0.3, 0.4) is 0 Å². The molecule has 0 unspecified atom stereocenters. The maximum absolute atomic E-state index is 9.87. The largest absolute Gasteiger partial charge is 0.504 e. The van der Waals surface area contributed by atoms with Crippen molar-refractivity contribution in [1.82, 2.24) is 4.90 Å². The Morgan fingerprint density at radius 2 is 1.64 bits per heavy atom. The van der Waals surface area contributed by atoms with Gasteiger partial charge in [-0.2, -0.15) is 0 Å². The summed E-state index contributed by atoms with van der Waals surface area (Å²) in [6.45, 7) is 1.78. The third-order valence-electron chi connectivity index (χ3n) is 4.60. The molecule has 0 saturated carbocycles. The van der Waals surface area contributed by atoms with Crippen LogP contribution >= 0.6 is 11.6 Å². The third kappa shape index (κ3) is 2.02. The van der Waals surface area contributed by atoms with Crippen LogP contribution in [-0.2, 0) is 0 Å². The molecular weight excluding hydrogens is 302 g/mol. The first kappa shape index (κ1) is 13.7. The third-order valence-corrected chi connectivity index (χ3v) is 4.84. The number of ether oxygens (including phenoxy) is 1. The smallest absolute Gasteiger partial charge is 0.161 e. The van der Waals surface area contributed by atoms with E-state index in [1.165, 1.54) is 6.07 Å². The molecule has 1 fully saturated rings. The molecule has 5 heteroatoms. The van der Waals surface area contributed by atoms with E-state index in [1.54, 1.807) is 12.1 Å². The Hall–Kier alpha value is -1.91. The molecule has 22 heavy (non-hydrogen) atoms. The first-order valence-electron chi connectivity index (χ1n) is 7.24. The van der Waals surface area contributed by atoms with E-state index in [0.29, 0.717) is 10.8 Å². The summed E-state index contributed by atoms with van der Waals surface area (Å²) in [5.41, 5.74) is 2.01. The number of nitrogens with zero attached hydrogens (tertiary/aromatic N) is 1. The van der Waals surface area contributed by atoms with Crippen molar-refractivity contribution in [3.8, 4) is 23.0 Å². The van der Waals surface area contributed by atoms with Crippen molar-refractivity contribution in [1.29, 1.82) is 0 Å². The van der Waals surface area contributed by atoms with E-state index in [2.05, 4.69) is 11.9 Å². The molecule has 4 nitrogen and oxygen atoms in total. The average molecular weight is 318 g/mol. The van der Waals surface area contributed by atoms with Crippen LogP contribution in [0.4, 0.5) is 0 Å². The fourth-order valence-corrected chi connectivity index (χ4v) is 3.78. The zero-order valence-corrected chi connectivity index (χ0v) is 12.8. The van der Waals surface area contributed by atoms with Gasteiger partial charge in [-0.05, 0) is 31.3 Å². The molecule has 2 aliphatic heterocycles. The second-order valence-electron chi connectivity index (χ2n) is 6.10. The lowest BCUT2D eigenvalue weighted by molar-refractivity contribution is 0.389. The molecule has 0 radical (unpaired) electrons. The van der Waals surface area contributed by atoms with Gasteiger partial charge in [0.25, 0.3) is 0 Å². The second kappa shape index (κ2) is 4.80. The van der Waals surface area contributed by atoms with Gasteiger partial charge < -0.3 is 19.8 Å². The standard InChI is InChI=1S/C17H16ClNO3/c1-19-7-12-10-4-9(18)2-3-16(10)22-17-6-15(21)14(20)5-11(17)13(12)8-19/h2-6,12-13,20-21H,7-8H2,1H3/t12-,13-/m1/s1. The highest BCUT2D eigenvalue weighted by atomic mass is 35.5. The molecule has 0 spiro atoms. The molecule has 0 aliphatic carbocycles. The van der Waals surface area contributed by atoms with Gasteiger partial charge in [0.05, 0.1) is 0 Å². The predicted octanol–water partition coefficient (Wildman–Crippen LogP) is 3.67. The summed E-state index contributed by atoms with van der Waals surface area (Å²) < 4.78 is 6.02. The number of phenolic OH excluding ortho intramolecular Hbond substituents is 2. The predicted molar refractivity (Wildman–Crippen MR) is 84.3 cm³/mol. The van der Waals surface area contributed by atoms with Crippen molar-refractivity contribution in [2.75, 3.05) is 20.1 Å². The van der Waals surface area contributed by atoms with Crippen molar-refractivity contribution in [2.45, 2.75) is 11.8 Å². The van der Waals surface area contributed by atoms with Gasteiger partial charge in [0.15, 0.2) is 11.5 Å². The van der Waals surface area contributed by atoms with Crippen LogP contribution in [0.25, 0.3) is 0 Å². The number of hydrogen-bond donors (Lipinski definition) is 2. The van der Waals surface area contributed by atoms with E-state index < -0.39 is 0 Å². The van der Waals surface area contributed by atoms with Gasteiger partial charge >= 0.3 is 0 Å². The molecule has 2 heterocycles. The van der Waals surface area contributed by atoms with Crippen LogP contribution in [0, 0.1) is 0 Å². The van der Waals surface area contributed by atoms with E-state index in [1.807, 2.05) is 12.1 Å². The van der Waals surface area contributed by atoms with Crippen LogP contribution < -0.4 is 4.74 Å². The Bertz CT molecular complexity index is 762. The van der Waals surface area contributed by atoms with E-state index in [9.17, 15) is 10.2 Å². The Kier molecular flexibility index (Phi) is 2.99. The van der Waals surface area contributed by atoms with Gasteiger partial charge in [0.2, 0.25) is 0 Å². The molecule has 2 aliphatic rings. The summed E-state index contributed by atoms with van der Waals surface area (Å²) >= 11 is 6.17. The van der Waals surface area contributed by atoms with Gasteiger partial charge in [0.1, 0.15) is 11.5 Å². The van der Waals surface area contributed by atoms with Crippen LogP contribution in [0.15, 0.2) is 30.3 Å². The monoisotopic (exact) mass is 317 g/mol. The highest BCUT2D eigenvalue weighted by Crippen LogP contribution is 2.51. The quantitative estimate of drug-likeness (QED) is 0.728. The fourth-order valence-electron chi connectivity index (χ4n) is 3.60. The second-order valence-corrected chi connectivity index (χ2v) is 6.53. The van der Waals surface area contributed by atoms with Crippen LogP contribution in [0.1, 0.15) is 23.0 Å². The minimum Gasteiger partial charge on any atom is -0.504 e. The molecule has 2 aromatic carbocycles. The van der Waals surface area contributed by atoms with Crippen LogP contribution in [0.5, 0.6) is 23.0 Å². The summed E-state index contributed by atoms with van der Waals surface area (Å²) in [7, 11) is 2.08. The topological polar surface area (TPSA) is 52.9 Å². The molecule has 0 aromatic heterocycles. The van der Waals surface area contributed by atoms with E-state index in [4.69, 9.17) is 16.3 Å². The van der Waals surface area contributed by atoms with Gasteiger partial charge in [-0.1, -0.05) is 11.6 Å². The Labute approximate surface area is 133 Å². The summed E-state index contributed by atoms with van der Waals surface area (Å²) in [6.07, 6.45) is 0. The van der Waals surface area contributed by atoms with E-state index in [0.717, 1.165) is 30.0 Å². The molecule has 2 N–H and O–H groups in total. The van der Waals surface area contributed by atoms with Crippen molar-refractivity contribution in [2.24, 2.45) is 0 Å². The van der Waals surface area contributed by atoms with Gasteiger partial charge in [-0.25, -0.2) is 0 Å². The summed E-state index contributed by atoms with van der Waals surface area (Å²) in [5, 5.41) is 20.4. The number of phenols is 2. The van der Waals surface area contributed by atoms with Gasteiger partial charge in [0, 0.05) is 47.1 Å². The molecule has 0 amide bonds. The zero-order chi connectivity index (χ0) is 15.4. The summed E-state index contributed by atoms with van der Waals surface area (Å²) in [6, 6.07) is 8.74. The minimum atomic E-state index is -0.168. The Balaban J connectivity index is 1.95. The number of benzene rings is 2. The average Bonchev–Trinajstić information content (AvgIpc) is 2.81. The number of halogens is 1.